The van der Waals surface area contributed by atoms with Crippen molar-refractivity contribution in [3.8, 4) is 11.5 Å². The highest BCUT2D eigenvalue weighted by atomic mass is 16.6. The summed E-state index contributed by atoms with van der Waals surface area (Å²) in [5.74, 6) is 0.196. The minimum absolute atomic E-state index is 0.0224. The van der Waals surface area contributed by atoms with Crippen molar-refractivity contribution < 1.29 is 9.42 Å². The number of nitrogens with one attached hydrogen (secondary N) is 1. The fraction of sp³-hybridized carbons (Fsp3) is 0.190. The molecule has 2 aromatic heterocycles. The lowest BCUT2D eigenvalue weighted by molar-refractivity contribution is -0.121. The topological polar surface area (TPSA) is 124 Å². The molecule has 152 valence electrons. The third kappa shape index (κ3) is 3.64. The van der Waals surface area contributed by atoms with Crippen molar-refractivity contribution in [3.63, 3.8) is 0 Å². The summed E-state index contributed by atoms with van der Waals surface area (Å²) in [5.41, 5.74) is 14.6. The zero-order valence-electron chi connectivity index (χ0n) is 16.9. The van der Waals surface area contributed by atoms with Gasteiger partial charge < -0.3 is 10.3 Å². The van der Waals surface area contributed by atoms with E-state index >= 15 is 0 Å². The number of carbonyl (C=O) groups excluding carboxylic acids is 1. The van der Waals surface area contributed by atoms with Crippen molar-refractivity contribution >= 4 is 29.0 Å². The van der Waals surface area contributed by atoms with Gasteiger partial charge in [-0.25, -0.2) is 15.0 Å². The van der Waals surface area contributed by atoms with Crippen molar-refractivity contribution in [2.45, 2.75) is 27.3 Å². The number of hydrogen-bond donors (Lipinski definition) is 2. The molecule has 2 aromatic carbocycles. The number of amides is 1. The van der Waals surface area contributed by atoms with Gasteiger partial charge in [-0.15, -0.1) is 0 Å². The molecule has 9 heteroatoms. The van der Waals surface area contributed by atoms with Crippen LogP contribution in [0, 0.1) is 20.8 Å². The van der Waals surface area contributed by atoms with E-state index in [1.807, 2.05) is 44.2 Å². The molecule has 0 atom stereocenters. The van der Waals surface area contributed by atoms with Crippen LogP contribution in [0.1, 0.15) is 22.3 Å². The number of carbonyl (C=O) groups is 1. The highest BCUT2D eigenvalue weighted by Gasteiger charge is 2.20. The van der Waals surface area contributed by atoms with Crippen molar-refractivity contribution in [1.82, 2.24) is 25.3 Å². The molecule has 2 heterocycles. The molecule has 0 spiro atoms. The number of nitrogen functional groups attached to an aromatic ring is 1. The summed E-state index contributed by atoms with van der Waals surface area (Å²) in [6, 6.07) is 11.6. The van der Waals surface area contributed by atoms with Gasteiger partial charge in [0, 0.05) is 0 Å². The third-order valence-corrected chi connectivity index (χ3v) is 4.96. The maximum absolute atomic E-state index is 12.6. The summed E-state index contributed by atoms with van der Waals surface area (Å²) in [7, 11) is 0. The van der Waals surface area contributed by atoms with E-state index in [0.29, 0.717) is 11.3 Å². The maximum atomic E-state index is 12.6. The Morgan fingerprint density at radius 2 is 1.93 bits per heavy atom. The van der Waals surface area contributed by atoms with Gasteiger partial charge in [0.05, 0.1) is 17.2 Å². The Morgan fingerprint density at radius 1 is 1.17 bits per heavy atom. The molecule has 0 aliphatic carbocycles. The number of nitrogens with two attached hydrogens (primary N) is 1. The van der Waals surface area contributed by atoms with Crippen LogP contribution >= 0.6 is 0 Å². The number of aryl methyl sites for hydroxylation is 3. The Hall–Kier alpha value is -4.01. The minimum atomic E-state index is -0.313. The summed E-state index contributed by atoms with van der Waals surface area (Å²) < 4.78 is 6.40. The van der Waals surface area contributed by atoms with Crippen LogP contribution in [0.4, 0.5) is 5.82 Å². The van der Waals surface area contributed by atoms with E-state index in [0.717, 1.165) is 16.6 Å². The first kappa shape index (κ1) is 19.3. The fourth-order valence-corrected chi connectivity index (χ4v) is 3.24. The zero-order chi connectivity index (χ0) is 21.3. The molecule has 30 heavy (non-hydrogen) atoms. The van der Waals surface area contributed by atoms with Crippen LogP contribution in [-0.4, -0.2) is 32.0 Å². The van der Waals surface area contributed by atoms with Crippen LogP contribution in [0.5, 0.6) is 0 Å². The number of nitrogens with zero attached hydrogens (tertiary/aromatic N) is 5. The molecule has 0 saturated heterocycles. The Bertz CT molecular complexity index is 1270. The van der Waals surface area contributed by atoms with Crippen LogP contribution in [0.2, 0.25) is 0 Å². The average molecular weight is 403 g/mol. The number of imidazole rings is 1. The molecule has 0 saturated carbocycles. The van der Waals surface area contributed by atoms with Gasteiger partial charge in [0.25, 0.3) is 5.91 Å². The van der Waals surface area contributed by atoms with Crippen LogP contribution in [0.25, 0.3) is 22.6 Å². The SMILES string of the molecule is Cc1cc(C)c(/C=N\NC(=O)Cn2c(-c3nonc3N)nc3ccccc32)cc1C. The molecule has 1 amide bonds. The Labute approximate surface area is 172 Å². The van der Waals surface area contributed by atoms with Crippen LogP contribution in [-0.2, 0) is 11.3 Å². The predicted octanol–water partition coefficient (Wildman–Crippen LogP) is 2.74. The average Bonchev–Trinajstić information content (AvgIpc) is 3.29. The largest absolute Gasteiger partial charge is 0.379 e. The molecule has 0 aliphatic rings. The third-order valence-electron chi connectivity index (χ3n) is 4.96. The van der Waals surface area contributed by atoms with E-state index in [-0.39, 0.29) is 24.0 Å². The van der Waals surface area contributed by atoms with Crippen molar-refractivity contribution in [2.75, 3.05) is 5.73 Å². The second-order valence-electron chi connectivity index (χ2n) is 7.09. The molecule has 0 bridgehead atoms. The second kappa shape index (κ2) is 7.78. The summed E-state index contributed by atoms with van der Waals surface area (Å²) in [6.45, 7) is 6.09. The Kier molecular flexibility index (Phi) is 5.01. The highest BCUT2D eigenvalue weighted by Crippen LogP contribution is 2.26. The standard InChI is InChI=1S/C21H21N7O2/c1-12-8-14(3)15(9-13(12)2)10-23-25-18(29)11-28-17-7-5-4-6-16(17)24-21(28)19-20(22)27-30-26-19/h4-10H,11H2,1-3H3,(H2,22,27)(H,25,29)/b23-10-. The molecule has 0 unspecified atom stereocenters. The lowest BCUT2D eigenvalue weighted by Crippen LogP contribution is -2.23. The molecule has 9 nitrogen and oxygen atoms in total. The Balaban J connectivity index is 1.58. The number of para-hydroxylation sites is 2. The van der Waals surface area contributed by atoms with E-state index in [1.54, 1.807) is 10.8 Å². The summed E-state index contributed by atoms with van der Waals surface area (Å²) in [6.07, 6.45) is 1.64. The van der Waals surface area contributed by atoms with Crippen LogP contribution in [0.3, 0.4) is 0 Å². The second-order valence-corrected chi connectivity index (χ2v) is 7.09. The number of aromatic nitrogens is 4. The van der Waals surface area contributed by atoms with Gasteiger partial charge in [-0.1, -0.05) is 18.2 Å². The zero-order valence-corrected chi connectivity index (χ0v) is 16.9. The van der Waals surface area contributed by atoms with Gasteiger partial charge in [-0.3, -0.25) is 4.79 Å². The lowest BCUT2D eigenvalue weighted by Gasteiger charge is -2.07. The summed E-state index contributed by atoms with van der Waals surface area (Å²) >= 11 is 0. The molecule has 4 aromatic rings. The van der Waals surface area contributed by atoms with E-state index in [9.17, 15) is 4.79 Å². The smallest absolute Gasteiger partial charge is 0.260 e. The van der Waals surface area contributed by atoms with E-state index in [1.165, 1.54) is 11.1 Å². The normalized spacial score (nSPS) is 11.4. The molecule has 4 rings (SSSR count). The van der Waals surface area contributed by atoms with Crippen LogP contribution in [0.15, 0.2) is 46.1 Å². The number of hydrogen-bond acceptors (Lipinski definition) is 7. The number of anilines is 1. The number of rotatable bonds is 5. The van der Waals surface area contributed by atoms with Gasteiger partial charge in [-0.05, 0) is 71.5 Å². The fourth-order valence-electron chi connectivity index (χ4n) is 3.24. The van der Waals surface area contributed by atoms with E-state index in [4.69, 9.17) is 10.4 Å². The Morgan fingerprint density at radius 3 is 2.70 bits per heavy atom. The van der Waals surface area contributed by atoms with Gasteiger partial charge in [0.1, 0.15) is 6.54 Å². The van der Waals surface area contributed by atoms with Crippen molar-refractivity contribution in [3.05, 3.63) is 58.7 Å². The van der Waals surface area contributed by atoms with E-state index in [2.05, 4.69) is 38.8 Å². The number of benzene rings is 2. The lowest BCUT2D eigenvalue weighted by atomic mass is 10.0. The molecular weight excluding hydrogens is 382 g/mol. The predicted molar refractivity (Wildman–Crippen MR) is 114 cm³/mol. The first-order valence-electron chi connectivity index (χ1n) is 9.37. The minimum Gasteiger partial charge on any atom is -0.379 e. The number of fused-ring (bicyclic) bond motifs is 1. The molecule has 0 fully saturated rings. The monoisotopic (exact) mass is 403 g/mol. The molecule has 3 N–H and O–H groups in total. The molecular formula is C21H21N7O2. The van der Waals surface area contributed by atoms with E-state index < -0.39 is 0 Å². The number of hydrazone groups is 1. The first-order chi connectivity index (χ1) is 14.4. The molecule has 0 aliphatic heterocycles. The highest BCUT2D eigenvalue weighted by molar-refractivity contribution is 5.86. The molecule has 0 radical (unpaired) electrons. The van der Waals surface area contributed by atoms with Crippen molar-refractivity contribution in [2.24, 2.45) is 5.10 Å². The van der Waals surface area contributed by atoms with Gasteiger partial charge >= 0.3 is 0 Å². The summed E-state index contributed by atoms with van der Waals surface area (Å²) in [5, 5.41) is 11.5. The van der Waals surface area contributed by atoms with Gasteiger partial charge in [0.2, 0.25) is 0 Å². The maximum Gasteiger partial charge on any atom is 0.260 e. The van der Waals surface area contributed by atoms with Crippen molar-refractivity contribution in [1.29, 1.82) is 0 Å². The quantitative estimate of drug-likeness (QED) is 0.390. The van der Waals surface area contributed by atoms with Crippen LogP contribution < -0.4 is 11.2 Å². The first-order valence-corrected chi connectivity index (χ1v) is 9.37. The van der Waals surface area contributed by atoms with Gasteiger partial charge in [-0.2, -0.15) is 5.10 Å². The van der Waals surface area contributed by atoms with Gasteiger partial charge in [0.15, 0.2) is 17.3 Å². The summed E-state index contributed by atoms with van der Waals surface area (Å²) in [4.78, 5) is 17.1.